The highest BCUT2D eigenvalue weighted by Crippen LogP contribution is 2.23. The normalized spacial score (nSPS) is 11.0. The van der Waals surface area contributed by atoms with E-state index in [-0.39, 0.29) is 5.91 Å². The molecule has 1 N–H and O–H groups in total. The molecule has 0 radical (unpaired) electrons. The number of halogens is 2. The van der Waals surface area contributed by atoms with Gasteiger partial charge < -0.3 is 14.6 Å². The molecule has 1 aromatic heterocycles. The summed E-state index contributed by atoms with van der Waals surface area (Å²) in [6.07, 6.45) is 4.75. The molecule has 0 bridgehead atoms. The van der Waals surface area contributed by atoms with Crippen molar-refractivity contribution in [1.29, 1.82) is 0 Å². The van der Waals surface area contributed by atoms with Gasteiger partial charge in [-0.2, -0.15) is 0 Å². The van der Waals surface area contributed by atoms with E-state index in [4.69, 9.17) is 21.3 Å². The number of benzene rings is 3. The second-order valence-electron chi connectivity index (χ2n) is 8.37. The number of ether oxygens (including phenoxy) is 1. The van der Waals surface area contributed by atoms with E-state index < -0.39 is 0 Å². The van der Waals surface area contributed by atoms with Crippen LogP contribution in [-0.2, 0) is 13.0 Å². The van der Waals surface area contributed by atoms with E-state index in [1.165, 1.54) is 0 Å². The van der Waals surface area contributed by atoms with E-state index in [0.717, 1.165) is 65.7 Å². The van der Waals surface area contributed by atoms with Crippen LogP contribution in [0.3, 0.4) is 0 Å². The number of aryl methyl sites for hydroxylation is 2. The summed E-state index contributed by atoms with van der Waals surface area (Å²) in [5, 5.41) is 3.64. The van der Waals surface area contributed by atoms with Gasteiger partial charge in [0.05, 0.1) is 22.7 Å². The summed E-state index contributed by atoms with van der Waals surface area (Å²) in [5.41, 5.74) is 2.86. The first kappa shape index (κ1) is 25.3. The predicted octanol–water partition coefficient (Wildman–Crippen LogP) is 7.06. The van der Waals surface area contributed by atoms with Crippen LogP contribution in [0.15, 0.2) is 77.3 Å². The molecule has 5 nitrogen and oxygen atoms in total. The number of carbonyl (C=O) groups is 1. The lowest BCUT2D eigenvalue weighted by Gasteiger charge is -2.11. The van der Waals surface area contributed by atoms with Gasteiger partial charge in [0.25, 0.3) is 5.91 Å². The Kier molecular flexibility index (Phi) is 9.21. The van der Waals surface area contributed by atoms with Crippen molar-refractivity contribution in [2.75, 3.05) is 13.2 Å². The minimum absolute atomic E-state index is 0.0294. The molecule has 0 aliphatic carbocycles. The maximum absolute atomic E-state index is 12.2. The Hall–Kier alpha value is -2.83. The van der Waals surface area contributed by atoms with Crippen LogP contribution in [0.1, 0.15) is 41.9 Å². The highest BCUT2D eigenvalue weighted by atomic mass is 79.9. The van der Waals surface area contributed by atoms with Crippen molar-refractivity contribution < 1.29 is 9.53 Å². The lowest BCUT2D eigenvalue weighted by molar-refractivity contribution is 0.0953. The molecular weight excluding hydrogens is 526 g/mol. The number of aromatic nitrogens is 2. The average Bonchev–Trinajstić information content (AvgIpc) is 3.22. The first-order chi connectivity index (χ1) is 17.1. The van der Waals surface area contributed by atoms with Crippen LogP contribution in [-0.4, -0.2) is 28.6 Å². The third-order valence-electron chi connectivity index (χ3n) is 5.82. The monoisotopic (exact) mass is 553 g/mol. The number of rotatable bonds is 12. The summed E-state index contributed by atoms with van der Waals surface area (Å²) < 4.78 is 9.14. The molecule has 0 aliphatic rings. The zero-order valence-electron chi connectivity index (χ0n) is 19.6. The summed E-state index contributed by atoms with van der Waals surface area (Å²) in [6, 6.07) is 23.2. The van der Waals surface area contributed by atoms with Crippen LogP contribution in [0.25, 0.3) is 11.0 Å². The van der Waals surface area contributed by atoms with Gasteiger partial charge in [0.15, 0.2) is 0 Å². The van der Waals surface area contributed by atoms with Crippen molar-refractivity contribution in [3.05, 3.63) is 93.7 Å². The van der Waals surface area contributed by atoms with Crippen molar-refractivity contribution in [1.82, 2.24) is 14.9 Å². The first-order valence-corrected chi connectivity index (χ1v) is 13.1. The number of hydrogen-bond acceptors (Lipinski definition) is 3. The van der Waals surface area contributed by atoms with E-state index >= 15 is 0 Å². The molecule has 182 valence electrons. The molecule has 3 aromatic carbocycles. The highest BCUT2D eigenvalue weighted by Gasteiger charge is 2.11. The van der Waals surface area contributed by atoms with Crippen LogP contribution in [0.5, 0.6) is 5.75 Å². The first-order valence-electron chi connectivity index (χ1n) is 12.0. The lowest BCUT2D eigenvalue weighted by atomic mass is 10.1. The van der Waals surface area contributed by atoms with Gasteiger partial charge in [-0.05, 0) is 67.8 Å². The zero-order chi connectivity index (χ0) is 24.5. The number of amides is 1. The molecule has 0 atom stereocenters. The topological polar surface area (TPSA) is 56.2 Å². The van der Waals surface area contributed by atoms with Gasteiger partial charge in [0, 0.05) is 29.5 Å². The molecule has 0 saturated heterocycles. The third kappa shape index (κ3) is 7.09. The summed E-state index contributed by atoms with van der Waals surface area (Å²) >= 11 is 9.58. The molecule has 7 heteroatoms. The number of imidazole rings is 1. The van der Waals surface area contributed by atoms with Crippen molar-refractivity contribution >= 4 is 44.5 Å². The van der Waals surface area contributed by atoms with E-state index in [1.807, 2.05) is 54.6 Å². The molecule has 1 heterocycles. The fraction of sp³-hybridized carbons (Fsp3) is 0.286. The highest BCUT2D eigenvalue weighted by molar-refractivity contribution is 9.10. The molecule has 1 amide bonds. The van der Waals surface area contributed by atoms with Gasteiger partial charge in [0.2, 0.25) is 0 Å². The number of unbranched alkanes of at least 4 members (excludes halogenated alkanes) is 2. The standard InChI is InChI=1S/C28H29BrClN3O2/c29-22-16-14-21(15-17-22)28(34)31-18-7-1-2-13-27-32-24-10-4-5-11-25(24)33(27)19-8-20-35-26-12-6-3-9-23(26)30/h3-6,9-12,14-17H,1-2,7-8,13,18-20H2,(H,31,34). The molecule has 0 aliphatic heterocycles. The Morgan fingerprint density at radius 2 is 1.71 bits per heavy atom. The number of carbonyl (C=O) groups excluding carboxylic acids is 1. The number of hydrogen-bond donors (Lipinski definition) is 1. The smallest absolute Gasteiger partial charge is 0.251 e. The minimum Gasteiger partial charge on any atom is -0.492 e. The minimum atomic E-state index is -0.0294. The van der Waals surface area contributed by atoms with Crippen molar-refractivity contribution in [3.8, 4) is 5.75 Å². The van der Waals surface area contributed by atoms with E-state index in [9.17, 15) is 4.79 Å². The molecule has 0 unspecified atom stereocenters. The fourth-order valence-corrected chi connectivity index (χ4v) is 4.48. The molecule has 0 spiro atoms. The maximum atomic E-state index is 12.2. The number of para-hydroxylation sites is 3. The predicted molar refractivity (Wildman–Crippen MR) is 145 cm³/mol. The molecule has 4 rings (SSSR count). The van der Waals surface area contributed by atoms with Gasteiger partial charge >= 0.3 is 0 Å². The summed E-state index contributed by atoms with van der Waals surface area (Å²) in [7, 11) is 0. The molecular formula is C28H29BrClN3O2. The van der Waals surface area contributed by atoms with E-state index in [2.05, 4.69) is 44.0 Å². The van der Waals surface area contributed by atoms with E-state index in [0.29, 0.717) is 23.7 Å². The molecule has 0 fully saturated rings. The summed E-state index contributed by atoms with van der Waals surface area (Å²) in [5.74, 6) is 1.79. The number of fused-ring (bicyclic) bond motifs is 1. The third-order valence-corrected chi connectivity index (χ3v) is 6.66. The summed E-state index contributed by atoms with van der Waals surface area (Å²) in [6.45, 7) is 2.10. The van der Waals surface area contributed by atoms with Crippen LogP contribution >= 0.6 is 27.5 Å². The molecule has 0 saturated carbocycles. The quantitative estimate of drug-likeness (QED) is 0.191. The average molecular weight is 555 g/mol. The van der Waals surface area contributed by atoms with Gasteiger partial charge in [-0.3, -0.25) is 4.79 Å². The van der Waals surface area contributed by atoms with Crippen LogP contribution < -0.4 is 10.1 Å². The van der Waals surface area contributed by atoms with E-state index in [1.54, 1.807) is 0 Å². The fourth-order valence-electron chi connectivity index (χ4n) is 4.02. The van der Waals surface area contributed by atoms with Crippen molar-refractivity contribution in [2.24, 2.45) is 0 Å². The van der Waals surface area contributed by atoms with Gasteiger partial charge in [0.1, 0.15) is 11.6 Å². The number of nitrogens with one attached hydrogen (secondary N) is 1. The Morgan fingerprint density at radius 1 is 0.943 bits per heavy atom. The van der Waals surface area contributed by atoms with Gasteiger partial charge in [-0.25, -0.2) is 4.98 Å². The lowest BCUT2D eigenvalue weighted by Crippen LogP contribution is -2.24. The molecule has 4 aromatic rings. The Bertz CT molecular complexity index is 1260. The summed E-state index contributed by atoms with van der Waals surface area (Å²) in [4.78, 5) is 17.1. The van der Waals surface area contributed by atoms with Gasteiger partial charge in [-0.1, -0.05) is 58.2 Å². The number of nitrogens with zero attached hydrogens (tertiary/aromatic N) is 2. The Labute approximate surface area is 219 Å². The van der Waals surface area contributed by atoms with Gasteiger partial charge in [-0.15, -0.1) is 0 Å². The zero-order valence-corrected chi connectivity index (χ0v) is 21.9. The van der Waals surface area contributed by atoms with Crippen LogP contribution in [0.2, 0.25) is 5.02 Å². The van der Waals surface area contributed by atoms with Crippen LogP contribution in [0.4, 0.5) is 0 Å². The van der Waals surface area contributed by atoms with Crippen molar-refractivity contribution in [3.63, 3.8) is 0 Å². The second kappa shape index (κ2) is 12.8. The SMILES string of the molecule is O=C(NCCCCCc1nc2ccccc2n1CCCOc1ccccc1Cl)c1ccc(Br)cc1. The largest absolute Gasteiger partial charge is 0.492 e. The van der Waals surface area contributed by atoms with Crippen LogP contribution in [0, 0.1) is 0 Å². The second-order valence-corrected chi connectivity index (χ2v) is 9.70. The Morgan fingerprint density at radius 3 is 2.54 bits per heavy atom. The Balaban J connectivity index is 1.24. The molecule has 35 heavy (non-hydrogen) atoms. The maximum Gasteiger partial charge on any atom is 0.251 e. The van der Waals surface area contributed by atoms with Crippen molar-refractivity contribution in [2.45, 2.75) is 38.6 Å².